The van der Waals surface area contributed by atoms with Crippen molar-refractivity contribution < 1.29 is 22.7 Å². The first-order chi connectivity index (χ1) is 18.4. The summed E-state index contributed by atoms with van der Waals surface area (Å²) in [5.41, 5.74) is -0.460. The first kappa shape index (κ1) is 27.0. The van der Waals surface area contributed by atoms with Crippen molar-refractivity contribution in [2.45, 2.75) is 71.1 Å². The van der Waals surface area contributed by atoms with Crippen LogP contribution in [0.15, 0.2) is 18.3 Å². The van der Waals surface area contributed by atoms with Gasteiger partial charge in [0, 0.05) is 30.8 Å². The number of hydrogen-bond acceptors (Lipinski definition) is 7. The molecule has 11 heteroatoms. The number of nitrogens with zero attached hydrogens (tertiary/aromatic N) is 3. The molecule has 0 radical (unpaired) electrons. The summed E-state index contributed by atoms with van der Waals surface area (Å²) < 4.78 is 46.6. The lowest BCUT2D eigenvalue weighted by atomic mass is 9.48. The molecule has 39 heavy (non-hydrogen) atoms. The van der Waals surface area contributed by atoms with E-state index in [-0.39, 0.29) is 41.2 Å². The number of aromatic nitrogens is 2. The van der Waals surface area contributed by atoms with Gasteiger partial charge >= 0.3 is 6.09 Å². The van der Waals surface area contributed by atoms with Gasteiger partial charge in [-0.2, -0.15) is 10.2 Å². The van der Waals surface area contributed by atoms with Crippen molar-refractivity contribution in [1.82, 2.24) is 15.3 Å². The molecule has 4 saturated carbocycles. The number of alkyl carbamates (subject to hydrolysis) is 1. The van der Waals surface area contributed by atoms with E-state index in [1.165, 1.54) is 6.20 Å². The Kier molecular flexibility index (Phi) is 7.08. The summed E-state index contributed by atoms with van der Waals surface area (Å²) in [5.74, 6) is -1.51. The van der Waals surface area contributed by atoms with Crippen LogP contribution in [0.2, 0.25) is 0 Å². The number of halogens is 3. The highest BCUT2D eigenvalue weighted by atomic mass is 19.2. The van der Waals surface area contributed by atoms with E-state index in [0.717, 1.165) is 38.2 Å². The Morgan fingerprint density at radius 3 is 2.54 bits per heavy atom. The van der Waals surface area contributed by atoms with Gasteiger partial charge in [0.2, 0.25) is 5.95 Å². The minimum atomic E-state index is -1.27. The molecule has 1 heterocycles. The van der Waals surface area contributed by atoms with Gasteiger partial charge in [0.25, 0.3) is 0 Å². The molecule has 1 amide bonds. The van der Waals surface area contributed by atoms with Crippen LogP contribution in [0.5, 0.6) is 0 Å². The van der Waals surface area contributed by atoms with E-state index in [9.17, 15) is 23.2 Å². The normalized spacial score (nSPS) is 27.1. The summed E-state index contributed by atoms with van der Waals surface area (Å²) in [6.45, 7) is 5.95. The molecule has 3 unspecified atom stereocenters. The Labute approximate surface area is 225 Å². The maximum absolute atomic E-state index is 14.0. The Morgan fingerprint density at radius 2 is 1.87 bits per heavy atom. The number of carbonyl (C=O) groups excluding carboxylic acids is 1. The Hall–Kier alpha value is -3.55. The quantitative estimate of drug-likeness (QED) is 0.396. The van der Waals surface area contributed by atoms with Crippen LogP contribution >= 0.6 is 0 Å². The van der Waals surface area contributed by atoms with E-state index in [4.69, 9.17) is 4.74 Å². The summed E-state index contributed by atoms with van der Waals surface area (Å²) in [6.07, 6.45) is 6.15. The second-order valence-corrected chi connectivity index (χ2v) is 12.3. The summed E-state index contributed by atoms with van der Waals surface area (Å²) in [7, 11) is 0. The third-order valence-electron chi connectivity index (χ3n) is 8.13. The molecule has 4 aliphatic rings. The second-order valence-electron chi connectivity index (χ2n) is 12.3. The Bertz CT molecular complexity index is 1290. The number of nitrogens with one attached hydrogen (secondary N) is 3. The number of rotatable bonds is 7. The minimum Gasteiger partial charge on any atom is -0.444 e. The molecule has 0 spiro atoms. The topological polar surface area (TPSA) is 112 Å². The molecule has 1 aromatic carbocycles. The van der Waals surface area contributed by atoms with Crippen molar-refractivity contribution >= 4 is 17.9 Å². The number of nitriles is 1. The first-order valence-corrected chi connectivity index (χ1v) is 13.3. The lowest BCUT2D eigenvalue weighted by Gasteiger charge is -2.60. The average molecular weight is 543 g/mol. The van der Waals surface area contributed by atoms with Crippen LogP contribution in [-0.2, 0) is 11.3 Å². The first-order valence-electron chi connectivity index (χ1n) is 13.3. The Morgan fingerprint density at radius 1 is 1.15 bits per heavy atom. The fraction of sp³-hybridized carbons (Fsp3) is 0.571. The van der Waals surface area contributed by atoms with Crippen LogP contribution in [0, 0.1) is 52.0 Å². The van der Waals surface area contributed by atoms with Gasteiger partial charge in [-0.3, -0.25) is 0 Å². The van der Waals surface area contributed by atoms with Crippen LogP contribution in [0.1, 0.15) is 64.0 Å². The third-order valence-corrected chi connectivity index (χ3v) is 8.13. The van der Waals surface area contributed by atoms with Gasteiger partial charge < -0.3 is 20.7 Å². The van der Waals surface area contributed by atoms with Gasteiger partial charge in [-0.1, -0.05) is 0 Å². The molecule has 8 nitrogen and oxygen atoms in total. The molecule has 6 rings (SSSR count). The fourth-order valence-corrected chi connectivity index (χ4v) is 6.96. The van der Waals surface area contributed by atoms with Crippen LogP contribution < -0.4 is 16.0 Å². The number of hydrogen-bond donors (Lipinski definition) is 3. The van der Waals surface area contributed by atoms with E-state index in [2.05, 4.69) is 32.0 Å². The highest BCUT2D eigenvalue weighted by Crippen LogP contribution is 2.60. The number of benzene rings is 1. The molecular weight excluding hydrogens is 509 g/mol. The monoisotopic (exact) mass is 542 g/mol. The van der Waals surface area contributed by atoms with Crippen molar-refractivity contribution in [3.8, 4) is 6.07 Å². The molecular formula is C28H33F3N6O2. The molecule has 4 bridgehead atoms. The van der Waals surface area contributed by atoms with E-state index in [1.807, 2.05) is 20.8 Å². The second kappa shape index (κ2) is 10.2. The van der Waals surface area contributed by atoms with Gasteiger partial charge in [0.05, 0.1) is 6.20 Å². The average Bonchev–Trinajstić information content (AvgIpc) is 2.85. The van der Waals surface area contributed by atoms with Gasteiger partial charge in [-0.05, 0) is 82.1 Å². The smallest absolute Gasteiger partial charge is 0.407 e. The van der Waals surface area contributed by atoms with Gasteiger partial charge in [-0.15, -0.1) is 0 Å². The van der Waals surface area contributed by atoms with Crippen LogP contribution in [0.3, 0.4) is 0 Å². The predicted octanol–water partition coefficient (Wildman–Crippen LogP) is 5.51. The van der Waals surface area contributed by atoms with E-state index in [0.29, 0.717) is 36.2 Å². The molecule has 208 valence electrons. The third kappa shape index (κ3) is 5.89. The maximum atomic E-state index is 14.0. The molecule has 3 N–H and O–H groups in total. The highest BCUT2D eigenvalue weighted by Gasteiger charge is 2.55. The zero-order valence-electron chi connectivity index (χ0n) is 22.3. The van der Waals surface area contributed by atoms with E-state index < -0.39 is 23.1 Å². The summed E-state index contributed by atoms with van der Waals surface area (Å²) in [4.78, 5) is 21.0. The maximum Gasteiger partial charge on any atom is 0.407 e. The standard InChI is InChI=1S/C28H33F3N6O2/c1-27(2,3)39-26(38)36-23-16-4-15-5-17(23)10-28(8-15,9-16)14-35-24-19(11-32)13-34-25(37-24)33-12-18-6-20(29)7-21(30)22(18)31/h6-7,13,15-17,23H,4-5,8-10,12,14H2,1-3H3,(H,36,38)(H2,33,34,35,37)/t15?,16-,17+,23?,28?. The lowest BCUT2D eigenvalue weighted by molar-refractivity contribution is -0.0703. The van der Waals surface area contributed by atoms with Crippen molar-refractivity contribution in [2.24, 2.45) is 23.2 Å². The van der Waals surface area contributed by atoms with Crippen LogP contribution in [0.4, 0.5) is 29.7 Å². The summed E-state index contributed by atoms with van der Waals surface area (Å²) >= 11 is 0. The largest absolute Gasteiger partial charge is 0.444 e. The molecule has 0 aliphatic heterocycles. The van der Waals surface area contributed by atoms with E-state index in [1.54, 1.807) is 0 Å². The highest BCUT2D eigenvalue weighted by molar-refractivity contribution is 5.68. The number of anilines is 2. The van der Waals surface area contributed by atoms with Crippen molar-refractivity contribution in [3.63, 3.8) is 0 Å². The zero-order valence-corrected chi connectivity index (χ0v) is 22.3. The number of ether oxygens (including phenoxy) is 1. The van der Waals surface area contributed by atoms with Gasteiger partial charge in [0.15, 0.2) is 11.6 Å². The van der Waals surface area contributed by atoms with Gasteiger partial charge in [-0.25, -0.2) is 22.9 Å². The molecule has 5 atom stereocenters. The molecule has 4 aliphatic carbocycles. The minimum absolute atomic E-state index is 0.0239. The number of amides is 1. The zero-order chi connectivity index (χ0) is 27.9. The molecule has 4 fully saturated rings. The van der Waals surface area contributed by atoms with Crippen molar-refractivity contribution in [2.75, 3.05) is 17.2 Å². The Balaban J connectivity index is 1.25. The SMILES string of the molecule is CC(C)(C)OC(=O)NC1[C@@H]2CC3C[C@H]1CC(CNc1nc(NCc4cc(F)cc(F)c4F)ncc1C#N)(C3)C2. The predicted molar refractivity (Wildman–Crippen MR) is 138 cm³/mol. The summed E-state index contributed by atoms with van der Waals surface area (Å²) in [6, 6.07) is 3.58. The number of carbonyl (C=O) groups is 1. The van der Waals surface area contributed by atoms with Gasteiger partial charge in [0.1, 0.15) is 28.9 Å². The fourth-order valence-electron chi connectivity index (χ4n) is 6.96. The lowest BCUT2D eigenvalue weighted by Crippen LogP contribution is -2.60. The van der Waals surface area contributed by atoms with Crippen molar-refractivity contribution in [3.05, 3.63) is 46.9 Å². The molecule has 0 saturated heterocycles. The van der Waals surface area contributed by atoms with Crippen LogP contribution in [-0.4, -0.2) is 34.2 Å². The summed E-state index contributed by atoms with van der Waals surface area (Å²) in [5, 5.41) is 18.9. The molecule has 1 aromatic heterocycles. The molecule has 2 aromatic rings. The van der Waals surface area contributed by atoms with E-state index >= 15 is 0 Å². The van der Waals surface area contributed by atoms with Crippen molar-refractivity contribution in [1.29, 1.82) is 5.26 Å². The van der Waals surface area contributed by atoms with Crippen LogP contribution in [0.25, 0.3) is 0 Å².